The zero-order valence-corrected chi connectivity index (χ0v) is 12.0. The van der Waals surface area contributed by atoms with Crippen LogP contribution in [0.2, 0.25) is 0 Å². The summed E-state index contributed by atoms with van der Waals surface area (Å²) >= 11 is 3.41. The number of nitrogens with two attached hydrogens (primary N) is 1. The second-order valence-electron chi connectivity index (χ2n) is 3.96. The van der Waals surface area contributed by atoms with Crippen LogP contribution in [-0.2, 0) is 0 Å². The van der Waals surface area contributed by atoms with Gasteiger partial charge in [0.25, 0.3) is 0 Å². The first-order valence-corrected chi connectivity index (χ1v) is 6.94. The van der Waals surface area contributed by atoms with Crippen molar-refractivity contribution in [2.45, 2.75) is 26.2 Å². The number of rotatable bonds is 7. The first kappa shape index (κ1) is 14.2. The molecule has 0 saturated heterocycles. The minimum absolute atomic E-state index is 0.700. The average molecular weight is 302 g/mol. The summed E-state index contributed by atoms with van der Waals surface area (Å²) < 4.78 is 11.0. The Balaban J connectivity index is 2.54. The zero-order valence-electron chi connectivity index (χ0n) is 10.5. The van der Waals surface area contributed by atoms with Crippen molar-refractivity contribution in [3.63, 3.8) is 0 Å². The van der Waals surface area contributed by atoms with Crippen LogP contribution >= 0.6 is 15.9 Å². The molecule has 0 aliphatic heterocycles. The third-order valence-corrected chi connectivity index (χ3v) is 3.15. The Morgan fingerprint density at radius 1 is 1.18 bits per heavy atom. The quantitative estimate of drug-likeness (QED) is 0.476. The molecule has 0 saturated carbocycles. The highest BCUT2D eigenvalue weighted by Gasteiger charge is 2.07. The SMILES string of the molecule is COc1cc(C)c(N)cc1OCCCCCBr. The summed E-state index contributed by atoms with van der Waals surface area (Å²) in [4.78, 5) is 0. The standard InChI is InChI=1S/C13H20BrNO2/c1-10-8-12(16-2)13(9-11(10)15)17-7-5-3-4-6-14/h8-9H,3-7,15H2,1-2H3. The van der Waals surface area contributed by atoms with Gasteiger partial charge in [-0.15, -0.1) is 0 Å². The molecule has 1 rings (SSSR count). The Morgan fingerprint density at radius 2 is 1.94 bits per heavy atom. The number of halogens is 1. The van der Waals surface area contributed by atoms with E-state index in [0.29, 0.717) is 6.61 Å². The molecule has 0 atom stereocenters. The predicted octanol–water partition coefficient (Wildman–Crippen LogP) is 3.53. The average Bonchev–Trinajstić information content (AvgIpc) is 2.33. The third-order valence-electron chi connectivity index (χ3n) is 2.59. The summed E-state index contributed by atoms with van der Waals surface area (Å²) in [6.07, 6.45) is 3.38. The van der Waals surface area contributed by atoms with Crippen molar-refractivity contribution in [2.75, 3.05) is 24.8 Å². The highest BCUT2D eigenvalue weighted by molar-refractivity contribution is 9.09. The molecule has 0 amide bonds. The van der Waals surface area contributed by atoms with Gasteiger partial charge in [-0.2, -0.15) is 0 Å². The second kappa shape index (κ2) is 7.43. The topological polar surface area (TPSA) is 44.5 Å². The van der Waals surface area contributed by atoms with Gasteiger partial charge >= 0.3 is 0 Å². The molecule has 96 valence electrons. The molecule has 17 heavy (non-hydrogen) atoms. The number of methoxy groups -OCH3 is 1. The molecule has 0 unspecified atom stereocenters. The van der Waals surface area contributed by atoms with Crippen LogP contribution in [0, 0.1) is 6.92 Å². The molecule has 2 N–H and O–H groups in total. The van der Waals surface area contributed by atoms with Gasteiger partial charge < -0.3 is 15.2 Å². The number of ether oxygens (including phenoxy) is 2. The van der Waals surface area contributed by atoms with Gasteiger partial charge in [0, 0.05) is 17.1 Å². The van der Waals surface area contributed by atoms with Gasteiger partial charge in [-0.05, 0) is 37.8 Å². The fourth-order valence-corrected chi connectivity index (χ4v) is 1.90. The molecule has 1 aromatic rings. The Bertz CT molecular complexity index is 356. The molecule has 0 aliphatic rings. The summed E-state index contributed by atoms with van der Waals surface area (Å²) in [5, 5.41) is 1.05. The summed E-state index contributed by atoms with van der Waals surface area (Å²) in [6.45, 7) is 2.66. The van der Waals surface area contributed by atoms with Gasteiger partial charge in [-0.25, -0.2) is 0 Å². The molecule has 0 radical (unpaired) electrons. The van der Waals surface area contributed by atoms with Crippen LogP contribution in [-0.4, -0.2) is 19.0 Å². The molecule has 0 spiro atoms. The smallest absolute Gasteiger partial charge is 0.163 e. The molecule has 0 bridgehead atoms. The van der Waals surface area contributed by atoms with E-state index in [-0.39, 0.29) is 0 Å². The third kappa shape index (κ3) is 4.46. The van der Waals surface area contributed by atoms with E-state index < -0.39 is 0 Å². The van der Waals surface area contributed by atoms with Crippen LogP contribution in [0.4, 0.5) is 5.69 Å². The van der Waals surface area contributed by atoms with Gasteiger partial charge in [-0.3, -0.25) is 0 Å². The van der Waals surface area contributed by atoms with Crippen LogP contribution in [0.5, 0.6) is 11.5 Å². The lowest BCUT2D eigenvalue weighted by Gasteiger charge is -2.12. The maximum atomic E-state index is 5.85. The van der Waals surface area contributed by atoms with Crippen LogP contribution in [0.3, 0.4) is 0 Å². The Labute approximate surface area is 111 Å². The van der Waals surface area contributed by atoms with E-state index in [1.165, 1.54) is 6.42 Å². The van der Waals surface area contributed by atoms with E-state index in [9.17, 15) is 0 Å². The molecular weight excluding hydrogens is 282 g/mol. The number of anilines is 1. The highest BCUT2D eigenvalue weighted by atomic mass is 79.9. The predicted molar refractivity (Wildman–Crippen MR) is 75.3 cm³/mol. The molecule has 0 aliphatic carbocycles. The van der Waals surface area contributed by atoms with Gasteiger partial charge in [0.15, 0.2) is 11.5 Å². The number of hydrogen-bond acceptors (Lipinski definition) is 3. The summed E-state index contributed by atoms with van der Waals surface area (Å²) in [6, 6.07) is 3.74. The number of benzene rings is 1. The summed E-state index contributed by atoms with van der Waals surface area (Å²) in [5.74, 6) is 1.48. The van der Waals surface area contributed by atoms with Crippen LogP contribution < -0.4 is 15.2 Å². The zero-order chi connectivity index (χ0) is 12.7. The number of aryl methyl sites for hydroxylation is 1. The maximum Gasteiger partial charge on any atom is 0.163 e. The Hall–Kier alpha value is -0.900. The first-order chi connectivity index (χ1) is 8.19. The lowest BCUT2D eigenvalue weighted by molar-refractivity contribution is 0.286. The molecule has 0 heterocycles. The van der Waals surface area contributed by atoms with Crippen molar-refractivity contribution in [3.05, 3.63) is 17.7 Å². The van der Waals surface area contributed by atoms with E-state index in [0.717, 1.165) is 40.9 Å². The Kier molecular flexibility index (Phi) is 6.19. The summed E-state index contributed by atoms with van der Waals surface area (Å²) in [5.41, 5.74) is 7.60. The highest BCUT2D eigenvalue weighted by Crippen LogP contribution is 2.31. The molecular formula is C13H20BrNO2. The van der Waals surface area contributed by atoms with Crippen molar-refractivity contribution >= 4 is 21.6 Å². The second-order valence-corrected chi connectivity index (χ2v) is 4.75. The number of alkyl halides is 1. The number of nitrogen functional groups attached to an aromatic ring is 1. The fourth-order valence-electron chi connectivity index (χ4n) is 1.51. The summed E-state index contributed by atoms with van der Waals surface area (Å²) in [7, 11) is 1.64. The van der Waals surface area contributed by atoms with Gasteiger partial charge in [0.05, 0.1) is 13.7 Å². The molecule has 0 fully saturated rings. The lowest BCUT2D eigenvalue weighted by Crippen LogP contribution is -2.01. The monoisotopic (exact) mass is 301 g/mol. The maximum absolute atomic E-state index is 5.85. The molecule has 0 aromatic heterocycles. The largest absolute Gasteiger partial charge is 0.493 e. The van der Waals surface area contributed by atoms with Crippen molar-refractivity contribution in [2.24, 2.45) is 0 Å². The van der Waals surface area contributed by atoms with E-state index in [1.807, 2.05) is 19.1 Å². The van der Waals surface area contributed by atoms with E-state index in [2.05, 4.69) is 15.9 Å². The normalized spacial score (nSPS) is 10.3. The van der Waals surface area contributed by atoms with E-state index in [4.69, 9.17) is 15.2 Å². The molecule has 1 aromatic carbocycles. The minimum atomic E-state index is 0.700. The van der Waals surface area contributed by atoms with Gasteiger partial charge in [0.2, 0.25) is 0 Å². The fraction of sp³-hybridized carbons (Fsp3) is 0.538. The first-order valence-electron chi connectivity index (χ1n) is 5.82. The van der Waals surface area contributed by atoms with Crippen LogP contribution in [0.25, 0.3) is 0 Å². The molecule has 3 nitrogen and oxygen atoms in total. The van der Waals surface area contributed by atoms with Crippen molar-refractivity contribution < 1.29 is 9.47 Å². The van der Waals surface area contributed by atoms with Gasteiger partial charge in [0.1, 0.15) is 0 Å². The number of unbranched alkanes of at least 4 members (excludes halogenated alkanes) is 2. The van der Waals surface area contributed by atoms with E-state index in [1.54, 1.807) is 7.11 Å². The van der Waals surface area contributed by atoms with E-state index >= 15 is 0 Å². The van der Waals surface area contributed by atoms with Crippen molar-refractivity contribution in [1.29, 1.82) is 0 Å². The molecule has 4 heteroatoms. The van der Waals surface area contributed by atoms with Crippen LogP contribution in [0.15, 0.2) is 12.1 Å². The van der Waals surface area contributed by atoms with Crippen molar-refractivity contribution in [1.82, 2.24) is 0 Å². The lowest BCUT2D eigenvalue weighted by atomic mass is 10.2. The number of hydrogen-bond donors (Lipinski definition) is 1. The minimum Gasteiger partial charge on any atom is -0.493 e. The van der Waals surface area contributed by atoms with Gasteiger partial charge in [-0.1, -0.05) is 15.9 Å². The Morgan fingerprint density at radius 3 is 2.59 bits per heavy atom. The van der Waals surface area contributed by atoms with Crippen molar-refractivity contribution in [3.8, 4) is 11.5 Å². The van der Waals surface area contributed by atoms with Crippen LogP contribution in [0.1, 0.15) is 24.8 Å².